The van der Waals surface area contributed by atoms with Crippen molar-refractivity contribution in [3.05, 3.63) is 47.2 Å². The van der Waals surface area contributed by atoms with Crippen LogP contribution in [0.25, 0.3) is 0 Å². The van der Waals surface area contributed by atoms with E-state index in [4.69, 9.17) is 11.6 Å². The van der Waals surface area contributed by atoms with Gasteiger partial charge in [0, 0.05) is 39.1 Å². The molecule has 2 aromatic rings. The van der Waals surface area contributed by atoms with Crippen molar-refractivity contribution in [2.24, 2.45) is 5.92 Å². The van der Waals surface area contributed by atoms with Crippen LogP contribution in [0, 0.1) is 5.92 Å². The number of hydrogen-bond acceptors (Lipinski definition) is 5. The number of rotatable bonds is 6. The van der Waals surface area contributed by atoms with Crippen molar-refractivity contribution in [3.63, 3.8) is 0 Å². The van der Waals surface area contributed by atoms with Crippen LogP contribution < -0.4 is 10.2 Å². The van der Waals surface area contributed by atoms with Gasteiger partial charge in [-0.15, -0.1) is 0 Å². The van der Waals surface area contributed by atoms with Gasteiger partial charge in [-0.3, -0.25) is 9.69 Å². The molecule has 2 aromatic heterocycles. The van der Waals surface area contributed by atoms with Gasteiger partial charge in [-0.1, -0.05) is 17.7 Å². The first-order valence-electron chi connectivity index (χ1n) is 9.36. The minimum absolute atomic E-state index is 0.0209. The maximum atomic E-state index is 12.6. The molecule has 1 N–H and O–H groups in total. The van der Waals surface area contributed by atoms with Gasteiger partial charge in [-0.05, 0) is 50.1 Å². The molecule has 144 valence electrons. The molecule has 0 aromatic carbocycles. The lowest BCUT2D eigenvalue weighted by atomic mass is 9.96. The van der Waals surface area contributed by atoms with Gasteiger partial charge in [0.1, 0.15) is 11.6 Å². The van der Waals surface area contributed by atoms with Crippen LogP contribution in [0.4, 0.5) is 11.6 Å². The predicted molar refractivity (Wildman–Crippen MR) is 109 cm³/mol. The van der Waals surface area contributed by atoms with Gasteiger partial charge in [-0.25, -0.2) is 9.97 Å². The molecule has 1 saturated heterocycles. The molecule has 1 aliphatic rings. The topological polar surface area (TPSA) is 61.4 Å². The smallest absolute Gasteiger partial charge is 0.229 e. The zero-order valence-corrected chi connectivity index (χ0v) is 16.6. The normalized spacial score (nSPS) is 17.5. The Morgan fingerprint density at radius 1 is 1.30 bits per heavy atom. The Morgan fingerprint density at radius 2 is 2.15 bits per heavy atom. The van der Waals surface area contributed by atoms with Gasteiger partial charge in [0.15, 0.2) is 0 Å². The summed E-state index contributed by atoms with van der Waals surface area (Å²) >= 11 is 5.84. The molecule has 7 heteroatoms. The minimum Gasteiger partial charge on any atom is -0.360 e. The molecule has 1 amide bonds. The first-order chi connectivity index (χ1) is 13.0. The zero-order chi connectivity index (χ0) is 19.2. The Balaban J connectivity index is 1.55. The van der Waals surface area contributed by atoms with E-state index in [9.17, 15) is 4.79 Å². The monoisotopic (exact) mass is 387 g/mol. The highest BCUT2D eigenvalue weighted by Gasteiger charge is 2.26. The predicted octanol–water partition coefficient (Wildman–Crippen LogP) is 3.44. The number of carbonyl (C=O) groups excluding carboxylic acids is 1. The van der Waals surface area contributed by atoms with E-state index in [0.29, 0.717) is 10.8 Å². The van der Waals surface area contributed by atoms with E-state index < -0.39 is 0 Å². The van der Waals surface area contributed by atoms with Crippen LogP contribution in [-0.2, 0) is 11.3 Å². The minimum atomic E-state index is -0.0327. The molecular formula is C20H26ClN5O. The fraction of sp³-hybridized carbons (Fsp3) is 0.450. The van der Waals surface area contributed by atoms with Crippen LogP contribution in [0.15, 0.2) is 36.7 Å². The molecule has 1 fully saturated rings. The fourth-order valence-corrected chi connectivity index (χ4v) is 3.36. The largest absolute Gasteiger partial charge is 0.360 e. The number of pyridine rings is 2. The van der Waals surface area contributed by atoms with E-state index in [1.54, 1.807) is 12.1 Å². The first kappa shape index (κ1) is 19.6. The Kier molecular flexibility index (Phi) is 6.63. The Bertz CT molecular complexity index is 750. The zero-order valence-electron chi connectivity index (χ0n) is 15.9. The van der Waals surface area contributed by atoms with Gasteiger partial charge < -0.3 is 10.2 Å². The second-order valence-electron chi connectivity index (χ2n) is 6.96. The molecule has 0 radical (unpaired) electrons. The summed E-state index contributed by atoms with van der Waals surface area (Å²) in [5.41, 5.74) is 1.17. The maximum Gasteiger partial charge on any atom is 0.229 e. The molecule has 27 heavy (non-hydrogen) atoms. The Labute approximate surface area is 165 Å². The van der Waals surface area contributed by atoms with Crippen LogP contribution in [0.2, 0.25) is 5.02 Å². The number of aromatic nitrogens is 2. The second-order valence-corrected chi connectivity index (χ2v) is 7.40. The van der Waals surface area contributed by atoms with Gasteiger partial charge in [0.2, 0.25) is 5.91 Å². The summed E-state index contributed by atoms with van der Waals surface area (Å²) in [6.07, 6.45) is 5.38. The number of hydrogen-bond donors (Lipinski definition) is 1. The maximum absolute atomic E-state index is 12.6. The highest BCUT2D eigenvalue weighted by Crippen LogP contribution is 2.21. The van der Waals surface area contributed by atoms with Crippen molar-refractivity contribution in [1.82, 2.24) is 14.9 Å². The Hall–Kier alpha value is -2.18. The van der Waals surface area contributed by atoms with Crippen molar-refractivity contribution in [2.45, 2.75) is 26.3 Å². The molecule has 1 aliphatic heterocycles. The van der Waals surface area contributed by atoms with Crippen LogP contribution >= 0.6 is 11.6 Å². The van der Waals surface area contributed by atoms with Crippen molar-refractivity contribution < 1.29 is 4.79 Å². The number of amides is 1. The number of likely N-dealkylation sites (tertiary alicyclic amines) is 1. The molecular weight excluding hydrogens is 362 g/mol. The van der Waals surface area contributed by atoms with Gasteiger partial charge >= 0.3 is 0 Å². The Morgan fingerprint density at radius 3 is 2.81 bits per heavy atom. The molecule has 1 unspecified atom stereocenters. The average molecular weight is 388 g/mol. The molecule has 6 nitrogen and oxygen atoms in total. The van der Waals surface area contributed by atoms with Gasteiger partial charge in [0.05, 0.1) is 10.9 Å². The van der Waals surface area contributed by atoms with Gasteiger partial charge in [0.25, 0.3) is 0 Å². The first-order valence-corrected chi connectivity index (χ1v) is 9.73. The number of carbonyl (C=O) groups is 1. The van der Waals surface area contributed by atoms with Crippen LogP contribution in [0.1, 0.15) is 25.3 Å². The van der Waals surface area contributed by atoms with Crippen LogP contribution in [-0.4, -0.2) is 47.5 Å². The van der Waals surface area contributed by atoms with E-state index in [1.807, 2.05) is 13.2 Å². The molecule has 0 saturated carbocycles. The molecule has 0 bridgehead atoms. The lowest BCUT2D eigenvalue weighted by molar-refractivity contribution is -0.121. The number of nitrogens with one attached hydrogen (secondary N) is 1. The summed E-state index contributed by atoms with van der Waals surface area (Å²) in [5.74, 6) is 1.51. The fourth-order valence-electron chi connectivity index (χ4n) is 3.25. The number of halogens is 1. The molecule has 0 aliphatic carbocycles. The second kappa shape index (κ2) is 9.15. The third-order valence-electron chi connectivity index (χ3n) is 4.94. The standard InChI is InChI=1S/C20H26ClN5O/c1-3-25(2)19-9-6-15(11-23-19)13-26-10-4-5-16(14-26)20(27)24-18-8-7-17(21)12-22-18/h6-9,11-12,16H,3-5,10,13-14H2,1-2H3,(H,22,24,27). The third kappa shape index (κ3) is 5.40. The lowest BCUT2D eigenvalue weighted by Gasteiger charge is -2.32. The number of nitrogens with zero attached hydrogens (tertiary/aromatic N) is 4. The summed E-state index contributed by atoms with van der Waals surface area (Å²) in [5, 5.41) is 3.45. The highest BCUT2D eigenvalue weighted by atomic mass is 35.5. The quantitative estimate of drug-likeness (QED) is 0.822. The van der Waals surface area contributed by atoms with E-state index in [-0.39, 0.29) is 11.8 Å². The third-order valence-corrected chi connectivity index (χ3v) is 5.16. The summed E-state index contributed by atoms with van der Waals surface area (Å²) < 4.78 is 0. The van der Waals surface area contributed by atoms with Crippen molar-refractivity contribution in [1.29, 1.82) is 0 Å². The summed E-state index contributed by atoms with van der Waals surface area (Å²) in [4.78, 5) is 25.7. The van der Waals surface area contributed by atoms with E-state index >= 15 is 0 Å². The van der Waals surface area contributed by atoms with E-state index in [2.05, 4.69) is 44.1 Å². The molecule has 3 rings (SSSR count). The highest BCUT2D eigenvalue weighted by molar-refractivity contribution is 6.30. The van der Waals surface area contributed by atoms with Crippen LogP contribution in [0.5, 0.6) is 0 Å². The summed E-state index contributed by atoms with van der Waals surface area (Å²) in [6, 6.07) is 7.63. The van der Waals surface area contributed by atoms with Gasteiger partial charge in [-0.2, -0.15) is 0 Å². The summed E-state index contributed by atoms with van der Waals surface area (Å²) in [7, 11) is 2.03. The number of anilines is 2. The molecule has 1 atom stereocenters. The van der Waals surface area contributed by atoms with E-state index in [1.165, 1.54) is 11.8 Å². The van der Waals surface area contributed by atoms with Crippen molar-refractivity contribution in [2.75, 3.05) is 36.9 Å². The lowest BCUT2D eigenvalue weighted by Crippen LogP contribution is -2.40. The van der Waals surface area contributed by atoms with E-state index in [0.717, 1.165) is 44.8 Å². The average Bonchev–Trinajstić information content (AvgIpc) is 2.70. The number of piperidine rings is 1. The van der Waals surface area contributed by atoms with Crippen molar-refractivity contribution in [3.8, 4) is 0 Å². The van der Waals surface area contributed by atoms with Crippen molar-refractivity contribution >= 4 is 29.1 Å². The molecule has 0 spiro atoms. The molecule has 3 heterocycles. The SMILES string of the molecule is CCN(C)c1ccc(CN2CCCC(C(=O)Nc3ccc(Cl)cn3)C2)cn1. The van der Waals surface area contributed by atoms with Crippen LogP contribution in [0.3, 0.4) is 0 Å². The summed E-state index contributed by atoms with van der Waals surface area (Å²) in [6.45, 7) is 5.59.